The van der Waals surface area contributed by atoms with E-state index in [9.17, 15) is 13.2 Å². The molecule has 1 aliphatic rings. The molecule has 2 nitrogen and oxygen atoms in total. The molecule has 2 atom stereocenters. The van der Waals surface area contributed by atoms with Crippen molar-refractivity contribution >= 4 is 0 Å². The summed E-state index contributed by atoms with van der Waals surface area (Å²) in [6, 6.07) is 0.118. The Kier molecular flexibility index (Phi) is 6.60. The molecule has 0 aliphatic heterocycles. The second-order valence-electron chi connectivity index (χ2n) is 5.75. The Balaban J connectivity index is 2.82. The van der Waals surface area contributed by atoms with Crippen molar-refractivity contribution in [2.24, 2.45) is 0 Å². The quantitative estimate of drug-likeness (QED) is 0.775. The van der Waals surface area contributed by atoms with Crippen molar-refractivity contribution in [1.82, 2.24) is 10.2 Å². The Hall–Kier alpha value is -0.290. The van der Waals surface area contributed by atoms with Crippen LogP contribution in [-0.2, 0) is 0 Å². The minimum absolute atomic E-state index is 0.00377. The molecule has 2 unspecified atom stereocenters. The van der Waals surface area contributed by atoms with Crippen molar-refractivity contribution < 1.29 is 13.2 Å². The molecule has 1 saturated carbocycles. The fourth-order valence-corrected chi connectivity index (χ4v) is 3.08. The minimum Gasteiger partial charge on any atom is -0.313 e. The SMILES string of the molecule is CCNC1CCCCCC1N(CC(F)(F)F)C(C)C. The Labute approximate surface area is 114 Å². The van der Waals surface area contributed by atoms with Gasteiger partial charge in [0.15, 0.2) is 0 Å². The zero-order valence-electron chi connectivity index (χ0n) is 12.3. The van der Waals surface area contributed by atoms with Crippen LogP contribution in [0.25, 0.3) is 0 Å². The van der Waals surface area contributed by atoms with Gasteiger partial charge in [0.2, 0.25) is 0 Å². The maximum Gasteiger partial charge on any atom is 0.401 e. The Morgan fingerprint density at radius 3 is 2.32 bits per heavy atom. The predicted molar refractivity (Wildman–Crippen MR) is 72.2 cm³/mol. The number of nitrogens with zero attached hydrogens (tertiary/aromatic N) is 1. The van der Waals surface area contributed by atoms with Gasteiger partial charge in [-0.25, -0.2) is 0 Å². The van der Waals surface area contributed by atoms with E-state index in [0.29, 0.717) is 0 Å². The molecule has 0 bridgehead atoms. The summed E-state index contributed by atoms with van der Waals surface area (Å²) in [6.45, 7) is 5.76. The van der Waals surface area contributed by atoms with Gasteiger partial charge in [-0.15, -0.1) is 0 Å². The molecule has 1 N–H and O–H groups in total. The van der Waals surface area contributed by atoms with Gasteiger partial charge in [0.25, 0.3) is 0 Å². The van der Waals surface area contributed by atoms with Gasteiger partial charge in [-0.1, -0.05) is 26.2 Å². The fourth-order valence-electron chi connectivity index (χ4n) is 3.08. The van der Waals surface area contributed by atoms with E-state index in [1.54, 1.807) is 4.90 Å². The van der Waals surface area contributed by atoms with Crippen molar-refractivity contribution in [2.75, 3.05) is 13.1 Å². The molecule has 0 aromatic heterocycles. The standard InChI is InChI=1S/C14H27F3N2/c1-4-18-12-8-6-5-7-9-13(12)19(11(2)3)10-14(15,16)17/h11-13,18H,4-10H2,1-3H3. The van der Waals surface area contributed by atoms with E-state index in [0.717, 1.165) is 38.6 Å². The van der Waals surface area contributed by atoms with Crippen molar-refractivity contribution in [2.45, 2.75) is 77.2 Å². The van der Waals surface area contributed by atoms with Crippen LogP contribution in [0.3, 0.4) is 0 Å². The molecular formula is C14H27F3N2. The molecule has 0 spiro atoms. The monoisotopic (exact) mass is 280 g/mol. The molecule has 114 valence electrons. The van der Waals surface area contributed by atoms with Crippen molar-refractivity contribution in [3.8, 4) is 0 Å². The van der Waals surface area contributed by atoms with Gasteiger partial charge in [0.05, 0.1) is 6.54 Å². The third-order valence-electron chi connectivity index (χ3n) is 3.90. The predicted octanol–water partition coefficient (Wildman–Crippen LogP) is 3.57. The number of likely N-dealkylation sites (N-methyl/N-ethyl adjacent to an activating group) is 1. The van der Waals surface area contributed by atoms with Crippen LogP contribution in [0.2, 0.25) is 0 Å². The van der Waals surface area contributed by atoms with Crippen molar-refractivity contribution in [3.63, 3.8) is 0 Å². The lowest BCUT2D eigenvalue weighted by Gasteiger charge is -2.39. The summed E-state index contributed by atoms with van der Waals surface area (Å²) in [5.74, 6) is 0. The molecular weight excluding hydrogens is 253 g/mol. The van der Waals surface area contributed by atoms with E-state index >= 15 is 0 Å². The van der Waals surface area contributed by atoms with E-state index in [2.05, 4.69) is 5.32 Å². The van der Waals surface area contributed by atoms with Gasteiger partial charge in [0, 0.05) is 18.1 Å². The van der Waals surface area contributed by atoms with Crippen LogP contribution in [0.4, 0.5) is 13.2 Å². The molecule has 1 rings (SSSR count). The summed E-state index contributed by atoms with van der Waals surface area (Å²) in [5, 5.41) is 3.39. The molecule has 0 aromatic rings. The Bertz CT molecular complexity index is 254. The number of nitrogens with one attached hydrogen (secondary N) is 1. The molecule has 0 amide bonds. The first-order valence-corrected chi connectivity index (χ1v) is 7.41. The van der Waals surface area contributed by atoms with Crippen LogP contribution in [0.5, 0.6) is 0 Å². The van der Waals surface area contributed by atoms with E-state index in [4.69, 9.17) is 0 Å². The average Bonchev–Trinajstić information content (AvgIpc) is 2.50. The number of rotatable bonds is 5. The van der Waals surface area contributed by atoms with Crippen LogP contribution in [0, 0.1) is 0 Å². The smallest absolute Gasteiger partial charge is 0.313 e. The minimum atomic E-state index is -4.12. The van der Waals surface area contributed by atoms with Crippen LogP contribution >= 0.6 is 0 Å². The number of halogens is 3. The summed E-state index contributed by atoms with van der Waals surface area (Å²) in [4.78, 5) is 1.64. The Morgan fingerprint density at radius 1 is 1.16 bits per heavy atom. The van der Waals surface area contributed by atoms with E-state index in [1.807, 2.05) is 20.8 Å². The Morgan fingerprint density at radius 2 is 1.79 bits per heavy atom. The maximum absolute atomic E-state index is 12.8. The van der Waals surface area contributed by atoms with Crippen molar-refractivity contribution in [1.29, 1.82) is 0 Å². The lowest BCUT2D eigenvalue weighted by atomic mass is 9.99. The molecule has 19 heavy (non-hydrogen) atoms. The maximum atomic E-state index is 12.8. The van der Waals surface area contributed by atoms with Crippen LogP contribution in [-0.4, -0.2) is 42.3 Å². The summed E-state index contributed by atoms with van der Waals surface area (Å²) in [5.41, 5.74) is 0. The van der Waals surface area contributed by atoms with E-state index in [1.165, 1.54) is 0 Å². The summed E-state index contributed by atoms with van der Waals surface area (Å²) >= 11 is 0. The van der Waals surface area contributed by atoms with Crippen LogP contribution in [0.1, 0.15) is 52.9 Å². The van der Waals surface area contributed by atoms with Crippen LogP contribution < -0.4 is 5.32 Å². The third-order valence-corrected chi connectivity index (χ3v) is 3.90. The highest BCUT2D eigenvalue weighted by Crippen LogP contribution is 2.27. The topological polar surface area (TPSA) is 15.3 Å². The second kappa shape index (κ2) is 7.48. The largest absolute Gasteiger partial charge is 0.401 e. The first-order valence-electron chi connectivity index (χ1n) is 7.41. The molecule has 0 aromatic carbocycles. The van der Waals surface area contributed by atoms with Crippen molar-refractivity contribution in [3.05, 3.63) is 0 Å². The number of hydrogen-bond acceptors (Lipinski definition) is 2. The highest BCUT2D eigenvalue weighted by Gasteiger charge is 2.37. The third kappa shape index (κ3) is 5.69. The summed E-state index contributed by atoms with van der Waals surface area (Å²) < 4.78 is 38.3. The fraction of sp³-hybridized carbons (Fsp3) is 1.00. The van der Waals surface area contributed by atoms with E-state index in [-0.39, 0.29) is 18.1 Å². The molecule has 5 heteroatoms. The first kappa shape index (κ1) is 16.8. The lowest BCUT2D eigenvalue weighted by Crippen LogP contribution is -2.54. The summed E-state index contributed by atoms with van der Waals surface area (Å²) in [7, 11) is 0. The van der Waals surface area contributed by atoms with Gasteiger partial charge in [-0.05, 0) is 33.2 Å². The molecule has 0 heterocycles. The molecule has 1 fully saturated rings. The van der Waals surface area contributed by atoms with Gasteiger partial charge in [-0.2, -0.15) is 13.2 Å². The second-order valence-corrected chi connectivity index (χ2v) is 5.75. The lowest BCUT2D eigenvalue weighted by molar-refractivity contribution is -0.157. The van der Waals surface area contributed by atoms with Crippen LogP contribution in [0.15, 0.2) is 0 Å². The zero-order chi connectivity index (χ0) is 14.5. The molecule has 0 saturated heterocycles. The van der Waals surface area contributed by atoms with E-state index < -0.39 is 12.7 Å². The number of alkyl halides is 3. The zero-order valence-corrected chi connectivity index (χ0v) is 12.3. The van der Waals surface area contributed by atoms with Gasteiger partial charge < -0.3 is 5.32 Å². The molecule has 1 aliphatic carbocycles. The highest BCUT2D eigenvalue weighted by atomic mass is 19.4. The highest BCUT2D eigenvalue weighted by molar-refractivity contribution is 4.89. The van der Waals surface area contributed by atoms with Gasteiger partial charge in [-0.3, -0.25) is 4.90 Å². The summed E-state index contributed by atoms with van der Waals surface area (Å²) in [6.07, 6.45) is 1.02. The number of hydrogen-bond donors (Lipinski definition) is 1. The normalized spacial score (nSPS) is 25.9. The first-order chi connectivity index (χ1) is 8.85. The average molecular weight is 280 g/mol. The molecule has 0 radical (unpaired) electrons. The van der Waals surface area contributed by atoms with Gasteiger partial charge in [0.1, 0.15) is 0 Å². The van der Waals surface area contributed by atoms with Gasteiger partial charge >= 0.3 is 6.18 Å².